The molecule has 1 fully saturated rings. The van der Waals surface area contributed by atoms with Crippen LogP contribution < -0.4 is 4.74 Å². The molecule has 0 radical (unpaired) electrons. The van der Waals surface area contributed by atoms with Crippen molar-refractivity contribution < 1.29 is 19.1 Å². The number of hydrogen-bond acceptors (Lipinski definition) is 5. The molecular formula is C19H24N4O4. The SMILES string of the molecule is CCOC(=O)N1CCN(C(=O)c2cc(-c3ccc(OC)cc3)nn2C)CC1. The molecule has 1 aliphatic rings. The molecule has 1 saturated heterocycles. The van der Waals surface area contributed by atoms with Gasteiger partial charge in [0.05, 0.1) is 19.4 Å². The number of ether oxygens (including phenoxy) is 2. The van der Waals surface area contributed by atoms with Gasteiger partial charge in [0.15, 0.2) is 0 Å². The van der Waals surface area contributed by atoms with Gasteiger partial charge in [-0.25, -0.2) is 4.79 Å². The van der Waals surface area contributed by atoms with Gasteiger partial charge in [-0.3, -0.25) is 9.48 Å². The van der Waals surface area contributed by atoms with E-state index < -0.39 is 0 Å². The molecule has 0 bridgehead atoms. The summed E-state index contributed by atoms with van der Waals surface area (Å²) in [7, 11) is 3.38. The molecular weight excluding hydrogens is 348 g/mol. The third-order valence-electron chi connectivity index (χ3n) is 4.58. The van der Waals surface area contributed by atoms with Crippen molar-refractivity contribution in [2.45, 2.75) is 6.92 Å². The lowest BCUT2D eigenvalue weighted by Gasteiger charge is -2.33. The number of piperazine rings is 1. The highest BCUT2D eigenvalue weighted by Gasteiger charge is 2.27. The average molecular weight is 372 g/mol. The van der Waals surface area contributed by atoms with Crippen LogP contribution in [0.1, 0.15) is 17.4 Å². The number of rotatable bonds is 4. The Morgan fingerprint density at radius 3 is 2.30 bits per heavy atom. The Hall–Kier alpha value is -3.03. The first-order valence-corrected chi connectivity index (χ1v) is 8.93. The third-order valence-corrected chi connectivity index (χ3v) is 4.58. The van der Waals surface area contributed by atoms with E-state index in [0.717, 1.165) is 17.0 Å². The van der Waals surface area contributed by atoms with Crippen molar-refractivity contribution in [1.29, 1.82) is 0 Å². The second kappa shape index (κ2) is 8.11. The molecule has 0 unspecified atom stereocenters. The van der Waals surface area contributed by atoms with Crippen molar-refractivity contribution in [3.63, 3.8) is 0 Å². The second-order valence-electron chi connectivity index (χ2n) is 6.25. The number of carbonyl (C=O) groups is 2. The lowest BCUT2D eigenvalue weighted by atomic mass is 10.1. The molecule has 0 aliphatic carbocycles. The number of hydrogen-bond donors (Lipinski definition) is 0. The fourth-order valence-electron chi connectivity index (χ4n) is 3.04. The summed E-state index contributed by atoms with van der Waals surface area (Å²) in [5, 5.41) is 4.46. The summed E-state index contributed by atoms with van der Waals surface area (Å²) in [5.74, 6) is 0.679. The zero-order chi connectivity index (χ0) is 19.4. The highest BCUT2D eigenvalue weighted by molar-refractivity contribution is 5.94. The van der Waals surface area contributed by atoms with Crippen LogP contribution in [0.2, 0.25) is 0 Å². The maximum Gasteiger partial charge on any atom is 0.409 e. The van der Waals surface area contributed by atoms with Crippen LogP contribution in [0, 0.1) is 0 Å². The molecule has 2 amide bonds. The molecule has 1 aromatic heterocycles. The molecule has 8 nitrogen and oxygen atoms in total. The van der Waals surface area contributed by atoms with Crippen LogP contribution in [0.4, 0.5) is 4.79 Å². The second-order valence-corrected chi connectivity index (χ2v) is 6.25. The van der Waals surface area contributed by atoms with Gasteiger partial charge < -0.3 is 19.3 Å². The Morgan fingerprint density at radius 2 is 1.70 bits per heavy atom. The lowest BCUT2D eigenvalue weighted by molar-refractivity contribution is 0.0562. The molecule has 8 heteroatoms. The van der Waals surface area contributed by atoms with E-state index in [1.165, 1.54) is 0 Å². The van der Waals surface area contributed by atoms with Crippen molar-refractivity contribution >= 4 is 12.0 Å². The topological polar surface area (TPSA) is 76.9 Å². The number of nitrogens with zero attached hydrogens (tertiary/aromatic N) is 4. The summed E-state index contributed by atoms with van der Waals surface area (Å²) < 4.78 is 11.8. The van der Waals surface area contributed by atoms with Gasteiger partial charge in [-0.15, -0.1) is 0 Å². The summed E-state index contributed by atoms with van der Waals surface area (Å²) in [6.07, 6.45) is -0.327. The Labute approximate surface area is 158 Å². The van der Waals surface area contributed by atoms with Crippen molar-refractivity contribution in [3.8, 4) is 17.0 Å². The van der Waals surface area contributed by atoms with Crippen LogP contribution in [0.25, 0.3) is 11.3 Å². The van der Waals surface area contributed by atoms with Crippen LogP contribution in [0.5, 0.6) is 5.75 Å². The molecule has 0 N–H and O–H groups in total. The van der Waals surface area contributed by atoms with Gasteiger partial charge in [0.1, 0.15) is 11.4 Å². The minimum atomic E-state index is -0.327. The number of carbonyl (C=O) groups excluding carboxylic acids is 2. The molecule has 27 heavy (non-hydrogen) atoms. The van der Waals surface area contributed by atoms with E-state index in [1.807, 2.05) is 24.3 Å². The molecule has 2 aromatic rings. The van der Waals surface area contributed by atoms with E-state index in [1.54, 1.807) is 41.6 Å². The fourth-order valence-corrected chi connectivity index (χ4v) is 3.04. The predicted molar refractivity (Wildman–Crippen MR) is 99.7 cm³/mol. The number of benzene rings is 1. The van der Waals surface area contributed by atoms with Crippen LogP contribution in [0.15, 0.2) is 30.3 Å². The van der Waals surface area contributed by atoms with Crippen LogP contribution >= 0.6 is 0 Å². The summed E-state index contributed by atoms with van der Waals surface area (Å²) >= 11 is 0. The Bertz CT molecular complexity index is 808. The molecule has 2 heterocycles. The summed E-state index contributed by atoms with van der Waals surface area (Å²) in [6, 6.07) is 9.34. The average Bonchev–Trinajstić information content (AvgIpc) is 3.09. The Kier molecular flexibility index (Phi) is 5.63. The summed E-state index contributed by atoms with van der Waals surface area (Å²) in [5.41, 5.74) is 2.16. The minimum Gasteiger partial charge on any atom is -0.497 e. The van der Waals surface area contributed by atoms with Crippen LogP contribution in [-0.2, 0) is 11.8 Å². The number of amides is 2. The van der Waals surface area contributed by atoms with Gasteiger partial charge in [-0.05, 0) is 37.3 Å². The van der Waals surface area contributed by atoms with Crippen molar-refractivity contribution in [3.05, 3.63) is 36.0 Å². The van der Waals surface area contributed by atoms with Crippen LogP contribution in [-0.4, -0.2) is 71.5 Å². The van der Waals surface area contributed by atoms with E-state index in [-0.39, 0.29) is 12.0 Å². The summed E-state index contributed by atoms with van der Waals surface area (Å²) in [4.78, 5) is 28.0. The third kappa shape index (κ3) is 4.05. The van der Waals surface area contributed by atoms with E-state index in [0.29, 0.717) is 38.5 Å². The smallest absolute Gasteiger partial charge is 0.409 e. The maximum absolute atomic E-state index is 12.9. The number of aromatic nitrogens is 2. The maximum atomic E-state index is 12.9. The first kappa shape index (κ1) is 18.8. The van der Waals surface area contributed by atoms with Crippen LogP contribution in [0.3, 0.4) is 0 Å². The zero-order valence-corrected chi connectivity index (χ0v) is 15.8. The van der Waals surface area contributed by atoms with Gasteiger partial charge >= 0.3 is 6.09 Å². The van der Waals surface area contributed by atoms with Gasteiger partial charge in [0.2, 0.25) is 0 Å². The largest absolute Gasteiger partial charge is 0.497 e. The highest BCUT2D eigenvalue weighted by Crippen LogP contribution is 2.22. The van der Waals surface area contributed by atoms with E-state index in [4.69, 9.17) is 9.47 Å². The molecule has 144 valence electrons. The lowest BCUT2D eigenvalue weighted by Crippen LogP contribution is -2.51. The fraction of sp³-hybridized carbons (Fsp3) is 0.421. The molecule has 1 aliphatic heterocycles. The Morgan fingerprint density at radius 1 is 1.07 bits per heavy atom. The molecule has 1 aromatic carbocycles. The normalized spacial score (nSPS) is 14.2. The highest BCUT2D eigenvalue weighted by atomic mass is 16.6. The minimum absolute atomic E-state index is 0.0896. The van der Waals surface area contributed by atoms with E-state index in [2.05, 4.69) is 5.10 Å². The van der Waals surface area contributed by atoms with E-state index in [9.17, 15) is 9.59 Å². The van der Waals surface area contributed by atoms with Gasteiger partial charge in [-0.1, -0.05) is 0 Å². The van der Waals surface area contributed by atoms with Crippen molar-refractivity contribution in [1.82, 2.24) is 19.6 Å². The standard InChI is InChI=1S/C19H24N4O4/c1-4-27-19(25)23-11-9-22(10-12-23)18(24)17-13-16(20-21(17)2)14-5-7-15(26-3)8-6-14/h5-8,13H,4,9-12H2,1-3H3. The molecule has 0 saturated carbocycles. The van der Waals surface area contributed by atoms with Gasteiger partial charge in [0, 0.05) is 38.8 Å². The van der Waals surface area contributed by atoms with E-state index >= 15 is 0 Å². The zero-order valence-electron chi connectivity index (χ0n) is 15.8. The van der Waals surface area contributed by atoms with Crippen molar-refractivity contribution in [2.24, 2.45) is 7.05 Å². The number of methoxy groups -OCH3 is 1. The monoisotopic (exact) mass is 372 g/mol. The van der Waals surface area contributed by atoms with Gasteiger partial charge in [0.25, 0.3) is 5.91 Å². The summed E-state index contributed by atoms with van der Waals surface area (Å²) in [6.45, 7) is 4.00. The predicted octanol–water partition coefficient (Wildman–Crippen LogP) is 2.01. The molecule has 0 atom stereocenters. The quantitative estimate of drug-likeness (QED) is 0.821. The number of aryl methyl sites for hydroxylation is 1. The first-order chi connectivity index (χ1) is 13.0. The Balaban J connectivity index is 1.69. The van der Waals surface area contributed by atoms with Crippen molar-refractivity contribution in [2.75, 3.05) is 39.9 Å². The first-order valence-electron chi connectivity index (χ1n) is 8.93. The molecule has 3 rings (SSSR count). The van der Waals surface area contributed by atoms with Gasteiger partial charge in [-0.2, -0.15) is 5.10 Å². The molecule has 0 spiro atoms.